The number of hydrogen-bond acceptors (Lipinski definition) is 2. The molecule has 0 aliphatic heterocycles. The molecule has 0 aliphatic rings. The van der Waals surface area contributed by atoms with Crippen molar-refractivity contribution < 1.29 is 4.79 Å². The molecule has 4 heteroatoms. The average molecular weight is 235 g/mol. The van der Waals surface area contributed by atoms with Gasteiger partial charge in [-0.1, -0.05) is 19.9 Å². The molecular weight excluding hydrogens is 214 g/mol. The summed E-state index contributed by atoms with van der Waals surface area (Å²) in [6.45, 7) is 10.0. The highest BCUT2D eigenvalue weighted by molar-refractivity contribution is 5.88. The summed E-state index contributed by atoms with van der Waals surface area (Å²) in [5, 5.41) is 5.52. The van der Waals surface area contributed by atoms with Gasteiger partial charge in [-0.15, -0.1) is 0 Å². The third kappa shape index (κ3) is 4.85. The molecule has 1 aromatic heterocycles. The number of pyridine rings is 1. The lowest BCUT2D eigenvalue weighted by molar-refractivity contribution is 0.243. The summed E-state index contributed by atoms with van der Waals surface area (Å²) in [7, 11) is 0. The molecule has 1 heterocycles. The van der Waals surface area contributed by atoms with Crippen LogP contribution in [0.2, 0.25) is 0 Å². The number of carbonyl (C=O) groups is 1. The molecular formula is C13H21N3O. The fraction of sp³-hybridized carbons (Fsp3) is 0.538. The third-order valence-corrected chi connectivity index (χ3v) is 2.18. The Morgan fingerprint density at radius 1 is 1.29 bits per heavy atom. The van der Waals surface area contributed by atoms with E-state index in [-0.39, 0.29) is 11.6 Å². The van der Waals surface area contributed by atoms with Crippen molar-refractivity contribution in [1.29, 1.82) is 0 Å². The van der Waals surface area contributed by atoms with Gasteiger partial charge in [0.2, 0.25) is 0 Å². The van der Waals surface area contributed by atoms with Crippen LogP contribution in [-0.2, 0) is 0 Å². The molecule has 2 amide bonds. The molecule has 0 saturated carbocycles. The second kappa shape index (κ2) is 5.17. The summed E-state index contributed by atoms with van der Waals surface area (Å²) in [6, 6.07) is 3.56. The molecule has 2 N–H and O–H groups in total. The molecule has 0 spiro atoms. The molecule has 0 aliphatic carbocycles. The summed E-state index contributed by atoms with van der Waals surface area (Å²) in [6.07, 6.45) is 1.79. The summed E-state index contributed by atoms with van der Waals surface area (Å²) in [4.78, 5) is 15.8. The average Bonchev–Trinajstić information content (AvgIpc) is 2.15. The molecule has 0 aromatic carbocycles. The van der Waals surface area contributed by atoms with E-state index < -0.39 is 0 Å². The molecule has 0 atom stereocenters. The van der Waals surface area contributed by atoms with Crippen LogP contribution in [0.5, 0.6) is 0 Å². The van der Waals surface area contributed by atoms with Crippen molar-refractivity contribution in [3.8, 4) is 0 Å². The Hall–Kier alpha value is -1.58. The molecule has 4 nitrogen and oxygen atoms in total. The molecule has 94 valence electrons. The van der Waals surface area contributed by atoms with Gasteiger partial charge in [-0.05, 0) is 38.3 Å². The Kier molecular flexibility index (Phi) is 4.10. The van der Waals surface area contributed by atoms with Gasteiger partial charge >= 0.3 is 6.03 Å². The minimum absolute atomic E-state index is 0.234. The summed E-state index contributed by atoms with van der Waals surface area (Å²) in [5.41, 5.74) is 0.911. The van der Waals surface area contributed by atoms with E-state index in [9.17, 15) is 4.79 Å². The summed E-state index contributed by atoms with van der Waals surface area (Å²) < 4.78 is 0. The van der Waals surface area contributed by atoms with E-state index in [1.165, 1.54) is 0 Å². The zero-order chi connectivity index (χ0) is 13.1. The Bertz CT molecular complexity index is 377. The van der Waals surface area contributed by atoms with E-state index in [2.05, 4.69) is 29.5 Å². The fourth-order valence-electron chi connectivity index (χ4n) is 1.31. The maximum Gasteiger partial charge on any atom is 0.320 e. The van der Waals surface area contributed by atoms with E-state index in [0.29, 0.717) is 11.7 Å². The van der Waals surface area contributed by atoms with E-state index >= 15 is 0 Å². The van der Waals surface area contributed by atoms with Gasteiger partial charge in [0.05, 0.1) is 0 Å². The van der Waals surface area contributed by atoms with Crippen LogP contribution in [0.25, 0.3) is 0 Å². The first kappa shape index (κ1) is 13.5. The normalized spacial score (nSPS) is 11.4. The molecule has 0 saturated heterocycles. The Labute approximate surface area is 103 Å². The highest BCUT2D eigenvalue weighted by Crippen LogP contribution is 2.14. The highest BCUT2D eigenvalue weighted by Gasteiger charge is 2.13. The quantitative estimate of drug-likeness (QED) is 0.827. The Balaban J connectivity index is 2.61. The van der Waals surface area contributed by atoms with Crippen molar-refractivity contribution in [3.63, 3.8) is 0 Å². The predicted molar refractivity (Wildman–Crippen MR) is 70.2 cm³/mol. The first-order valence-corrected chi connectivity index (χ1v) is 5.83. The number of nitrogens with one attached hydrogen (secondary N) is 2. The lowest BCUT2D eigenvalue weighted by atomic mass is 10.1. The van der Waals surface area contributed by atoms with Crippen molar-refractivity contribution in [2.45, 2.75) is 46.1 Å². The third-order valence-electron chi connectivity index (χ3n) is 2.18. The van der Waals surface area contributed by atoms with Gasteiger partial charge in [0.25, 0.3) is 0 Å². The van der Waals surface area contributed by atoms with Gasteiger partial charge in [-0.2, -0.15) is 0 Å². The molecule has 17 heavy (non-hydrogen) atoms. The van der Waals surface area contributed by atoms with E-state index in [4.69, 9.17) is 0 Å². The van der Waals surface area contributed by atoms with Crippen LogP contribution >= 0.6 is 0 Å². The van der Waals surface area contributed by atoms with Gasteiger partial charge in [0.15, 0.2) is 0 Å². The zero-order valence-corrected chi connectivity index (χ0v) is 11.2. The number of anilines is 1. The van der Waals surface area contributed by atoms with Crippen LogP contribution in [0.4, 0.5) is 10.6 Å². The van der Waals surface area contributed by atoms with Crippen molar-refractivity contribution >= 4 is 11.8 Å². The largest absolute Gasteiger partial charge is 0.333 e. The highest BCUT2D eigenvalue weighted by atomic mass is 16.2. The first-order valence-electron chi connectivity index (χ1n) is 5.83. The van der Waals surface area contributed by atoms with Crippen molar-refractivity contribution in [3.05, 3.63) is 23.9 Å². The fourth-order valence-corrected chi connectivity index (χ4v) is 1.31. The second-order valence-corrected chi connectivity index (χ2v) is 5.46. The van der Waals surface area contributed by atoms with Crippen LogP contribution in [0.3, 0.4) is 0 Å². The van der Waals surface area contributed by atoms with Crippen LogP contribution in [0.15, 0.2) is 18.3 Å². The lowest BCUT2D eigenvalue weighted by Gasteiger charge is -2.20. The van der Waals surface area contributed by atoms with E-state index in [0.717, 1.165) is 5.56 Å². The number of rotatable bonds is 2. The number of carbonyl (C=O) groups excluding carboxylic acids is 1. The monoisotopic (exact) mass is 235 g/mol. The minimum atomic E-state index is -0.248. The molecule has 1 aromatic rings. The van der Waals surface area contributed by atoms with Crippen LogP contribution in [0.1, 0.15) is 46.1 Å². The topological polar surface area (TPSA) is 54.0 Å². The number of urea groups is 1. The Morgan fingerprint density at radius 2 is 1.94 bits per heavy atom. The van der Waals surface area contributed by atoms with Gasteiger partial charge < -0.3 is 5.32 Å². The molecule has 0 unspecified atom stereocenters. The predicted octanol–water partition coefficient (Wildman–Crippen LogP) is 3.13. The van der Waals surface area contributed by atoms with Crippen molar-refractivity contribution in [2.75, 3.05) is 5.32 Å². The lowest BCUT2D eigenvalue weighted by Crippen LogP contribution is -2.43. The SMILES string of the molecule is CC(C)c1ccc(NC(=O)NC(C)(C)C)nc1. The zero-order valence-electron chi connectivity index (χ0n) is 11.2. The summed E-state index contributed by atoms with van der Waals surface area (Å²) >= 11 is 0. The van der Waals surface area contributed by atoms with Crippen molar-refractivity contribution in [2.24, 2.45) is 0 Å². The van der Waals surface area contributed by atoms with Gasteiger partial charge in [-0.25, -0.2) is 9.78 Å². The molecule has 1 rings (SSSR count). The molecule has 0 fully saturated rings. The standard InChI is InChI=1S/C13H21N3O/c1-9(2)10-6-7-11(14-8-10)15-12(17)16-13(3,4)5/h6-9H,1-5H3,(H2,14,15,16,17). The smallest absolute Gasteiger partial charge is 0.320 e. The minimum Gasteiger partial charge on any atom is -0.333 e. The maximum atomic E-state index is 11.6. The number of nitrogens with zero attached hydrogens (tertiary/aromatic N) is 1. The first-order chi connectivity index (χ1) is 7.78. The molecule has 0 radical (unpaired) electrons. The van der Waals surface area contributed by atoms with Gasteiger partial charge in [-0.3, -0.25) is 5.32 Å². The van der Waals surface area contributed by atoms with Gasteiger partial charge in [0, 0.05) is 11.7 Å². The summed E-state index contributed by atoms with van der Waals surface area (Å²) in [5.74, 6) is 1.01. The number of amides is 2. The van der Waals surface area contributed by atoms with Crippen LogP contribution in [0, 0.1) is 0 Å². The Morgan fingerprint density at radius 3 is 2.35 bits per heavy atom. The van der Waals surface area contributed by atoms with Gasteiger partial charge in [0.1, 0.15) is 5.82 Å². The number of aromatic nitrogens is 1. The maximum absolute atomic E-state index is 11.6. The van der Waals surface area contributed by atoms with E-state index in [1.54, 1.807) is 6.20 Å². The second-order valence-electron chi connectivity index (χ2n) is 5.46. The molecule has 0 bridgehead atoms. The van der Waals surface area contributed by atoms with Crippen LogP contribution < -0.4 is 10.6 Å². The van der Waals surface area contributed by atoms with Crippen LogP contribution in [-0.4, -0.2) is 16.6 Å². The van der Waals surface area contributed by atoms with E-state index in [1.807, 2.05) is 32.9 Å². The van der Waals surface area contributed by atoms with Crippen molar-refractivity contribution in [1.82, 2.24) is 10.3 Å². The number of hydrogen-bond donors (Lipinski definition) is 2.